The van der Waals surface area contributed by atoms with Gasteiger partial charge in [0.15, 0.2) is 0 Å². The number of likely N-dealkylation sites (tertiary alicyclic amines) is 1. The number of carbonyl (C=O) groups is 1. The van der Waals surface area contributed by atoms with Crippen LogP contribution in [0.15, 0.2) is 47.4 Å². The standard InChI is InChI=1S/C24H29FN2O4S/c1-31-21-9-4-17(5-10-21)2-3-18-12-14-27(15-13-18)24(28)19-6-11-22(25)23(16-19)32(29,30)26-20-7-8-20/h4-6,9-11,16,18,20,26H,2-3,7-8,12-15H2,1H3. The maximum atomic E-state index is 14.2. The van der Waals surface area contributed by atoms with Crippen molar-refractivity contribution in [2.45, 2.75) is 49.5 Å². The first-order valence-electron chi connectivity index (χ1n) is 11.1. The molecular formula is C24H29FN2O4S. The first-order valence-corrected chi connectivity index (χ1v) is 12.6. The minimum atomic E-state index is -3.97. The highest BCUT2D eigenvalue weighted by Gasteiger charge is 2.31. The number of ether oxygens (including phenoxy) is 1. The van der Waals surface area contributed by atoms with Gasteiger partial charge in [-0.3, -0.25) is 4.79 Å². The van der Waals surface area contributed by atoms with E-state index in [1.54, 1.807) is 12.0 Å². The first kappa shape index (κ1) is 22.7. The minimum absolute atomic E-state index is 0.129. The van der Waals surface area contributed by atoms with Crippen molar-refractivity contribution in [3.05, 3.63) is 59.4 Å². The largest absolute Gasteiger partial charge is 0.497 e. The maximum absolute atomic E-state index is 14.2. The zero-order chi connectivity index (χ0) is 22.7. The van der Waals surface area contributed by atoms with E-state index in [9.17, 15) is 17.6 Å². The molecule has 2 aromatic rings. The highest BCUT2D eigenvalue weighted by atomic mass is 32.2. The van der Waals surface area contributed by atoms with Gasteiger partial charge in [-0.05, 0) is 80.3 Å². The molecule has 32 heavy (non-hydrogen) atoms. The Hall–Kier alpha value is -2.45. The number of carbonyl (C=O) groups excluding carboxylic acids is 1. The van der Waals surface area contributed by atoms with Gasteiger partial charge in [0.25, 0.3) is 5.91 Å². The van der Waals surface area contributed by atoms with E-state index >= 15 is 0 Å². The van der Waals surface area contributed by atoms with Crippen LogP contribution >= 0.6 is 0 Å². The molecule has 0 bridgehead atoms. The van der Waals surface area contributed by atoms with Crippen molar-refractivity contribution in [1.82, 2.24) is 9.62 Å². The van der Waals surface area contributed by atoms with Crippen molar-refractivity contribution >= 4 is 15.9 Å². The van der Waals surface area contributed by atoms with Crippen LogP contribution in [0.5, 0.6) is 5.75 Å². The normalized spacial score (nSPS) is 17.4. The molecule has 2 fully saturated rings. The Labute approximate surface area is 188 Å². The number of sulfonamides is 1. The van der Waals surface area contributed by atoms with Gasteiger partial charge in [-0.25, -0.2) is 17.5 Å². The van der Waals surface area contributed by atoms with E-state index in [1.807, 2.05) is 12.1 Å². The minimum Gasteiger partial charge on any atom is -0.497 e. The molecule has 1 aliphatic carbocycles. The van der Waals surface area contributed by atoms with E-state index in [-0.39, 0.29) is 17.5 Å². The molecule has 0 atom stereocenters. The molecule has 1 amide bonds. The number of hydrogen-bond donors (Lipinski definition) is 1. The summed E-state index contributed by atoms with van der Waals surface area (Å²) in [4.78, 5) is 14.2. The van der Waals surface area contributed by atoms with Crippen LogP contribution in [0, 0.1) is 11.7 Å². The van der Waals surface area contributed by atoms with E-state index in [4.69, 9.17) is 4.74 Å². The second-order valence-corrected chi connectivity index (χ2v) is 10.3. The molecule has 0 aromatic heterocycles. The number of benzene rings is 2. The van der Waals surface area contributed by atoms with Gasteiger partial charge in [0.1, 0.15) is 16.5 Å². The molecule has 0 radical (unpaired) electrons. The SMILES string of the molecule is COc1ccc(CCC2CCN(C(=O)c3ccc(F)c(S(=O)(=O)NC4CC4)c3)CC2)cc1. The molecular weight excluding hydrogens is 431 g/mol. The van der Waals surface area contributed by atoms with Crippen molar-refractivity contribution in [1.29, 1.82) is 0 Å². The number of nitrogens with zero attached hydrogens (tertiary/aromatic N) is 1. The third-order valence-electron chi connectivity index (χ3n) is 6.27. The van der Waals surface area contributed by atoms with Crippen LogP contribution in [0.25, 0.3) is 0 Å². The van der Waals surface area contributed by atoms with Crippen LogP contribution < -0.4 is 9.46 Å². The summed E-state index contributed by atoms with van der Waals surface area (Å²) in [5.74, 6) is 0.294. The van der Waals surface area contributed by atoms with Gasteiger partial charge < -0.3 is 9.64 Å². The van der Waals surface area contributed by atoms with Gasteiger partial charge in [-0.2, -0.15) is 0 Å². The third kappa shape index (κ3) is 5.48. The molecule has 1 heterocycles. The van der Waals surface area contributed by atoms with Crippen molar-refractivity contribution in [3.8, 4) is 5.75 Å². The van der Waals surface area contributed by atoms with Gasteiger partial charge in [0, 0.05) is 24.7 Å². The predicted molar refractivity (Wildman–Crippen MR) is 120 cm³/mol. The fraction of sp³-hybridized carbons (Fsp3) is 0.458. The molecule has 1 N–H and O–H groups in total. The monoisotopic (exact) mass is 460 g/mol. The lowest BCUT2D eigenvalue weighted by Crippen LogP contribution is -2.38. The highest BCUT2D eigenvalue weighted by molar-refractivity contribution is 7.89. The maximum Gasteiger partial charge on any atom is 0.253 e. The van der Waals surface area contributed by atoms with E-state index in [1.165, 1.54) is 11.6 Å². The number of hydrogen-bond acceptors (Lipinski definition) is 4. The first-order chi connectivity index (χ1) is 15.4. The summed E-state index contributed by atoms with van der Waals surface area (Å²) < 4.78 is 46.8. The summed E-state index contributed by atoms with van der Waals surface area (Å²) in [5.41, 5.74) is 1.48. The molecule has 4 rings (SSSR count). The summed E-state index contributed by atoms with van der Waals surface area (Å²) in [6.45, 7) is 1.23. The van der Waals surface area contributed by atoms with Gasteiger partial charge >= 0.3 is 0 Å². The summed E-state index contributed by atoms with van der Waals surface area (Å²) in [6, 6.07) is 11.6. The Bertz CT molecular complexity index is 1060. The highest BCUT2D eigenvalue weighted by Crippen LogP contribution is 2.26. The lowest BCUT2D eigenvalue weighted by Gasteiger charge is -2.32. The van der Waals surface area contributed by atoms with Crippen LogP contribution in [-0.4, -0.2) is 45.5 Å². The number of nitrogens with one attached hydrogen (secondary N) is 1. The zero-order valence-corrected chi connectivity index (χ0v) is 19.0. The Morgan fingerprint density at radius 1 is 1.09 bits per heavy atom. The molecule has 2 aliphatic rings. The second kappa shape index (κ2) is 9.58. The summed E-state index contributed by atoms with van der Waals surface area (Å²) in [5, 5.41) is 0. The molecule has 1 aliphatic heterocycles. The zero-order valence-electron chi connectivity index (χ0n) is 18.2. The van der Waals surface area contributed by atoms with E-state index in [2.05, 4.69) is 16.9 Å². The topological polar surface area (TPSA) is 75.7 Å². The Morgan fingerprint density at radius 3 is 2.41 bits per heavy atom. The molecule has 1 saturated heterocycles. The van der Waals surface area contributed by atoms with Crippen LogP contribution in [0.2, 0.25) is 0 Å². The van der Waals surface area contributed by atoms with Crippen LogP contribution in [0.4, 0.5) is 4.39 Å². The number of methoxy groups -OCH3 is 1. The molecule has 8 heteroatoms. The quantitative estimate of drug-likeness (QED) is 0.651. The van der Waals surface area contributed by atoms with Crippen molar-refractivity contribution < 1.29 is 22.3 Å². The number of amides is 1. The van der Waals surface area contributed by atoms with E-state index in [0.717, 1.165) is 56.4 Å². The smallest absolute Gasteiger partial charge is 0.253 e. The van der Waals surface area contributed by atoms with Crippen molar-refractivity contribution in [2.75, 3.05) is 20.2 Å². The van der Waals surface area contributed by atoms with Gasteiger partial charge in [-0.15, -0.1) is 0 Å². The molecule has 0 unspecified atom stereocenters. The summed E-state index contributed by atoms with van der Waals surface area (Å²) >= 11 is 0. The van der Waals surface area contributed by atoms with Gasteiger partial charge in [0.2, 0.25) is 10.0 Å². The summed E-state index contributed by atoms with van der Waals surface area (Å²) in [6.07, 6.45) is 5.35. The number of halogens is 1. The van der Waals surface area contributed by atoms with Crippen LogP contribution in [0.1, 0.15) is 48.0 Å². The number of aryl methyl sites for hydroxylation is 1. The van der Waals surface area contributed by atoms with Gasteiger partial charge in [-0.1, -0.05) is 12.1 Å². The third-order valence-corrected chi connectivity index (χ3v) is 7.80. The molecule has 172 valence electrons. The van der Waals surface area contributed by atoms with Crippen molar-refractivity contribution in [2.24, 2.45) is 5.92 Å². The van der Waals surface area contributed by atoms with E-state index in [0.29, 0.717) is 19.0 Å². The Kier molecular flexibility index (Phi) is 6.81. The van der Waals surface area contributed by atoms with Crippen LogP contribution in [-0.2, 0) is 16.4 Å². The lowest BCUT2D eigenvalue weighted by atomic mass is 9.90. The molecule has 0 spiro atoms. The van der Waals surface area contributed by atoms with E-state index < -0.39 is 20.7 Å². The lowest BCUT2D eigenvalue weighted by molar-refractivity contribution is 0.0686. The average Bonchev–Trinajstić information content (AvgIpc) is 3.61. The average molecular weight is 461 g/mol. The van der Waals surface area contributed by atoms with Crippen LogP contribution in [0.3, 0.4) is 0 Å². The fourth-order valence-electron chi connectivity index (χ4n) is 4.10. The fourth-order valence-corrected chi connectivity index (χ4v) is 5.51. The van der Waals surface area contributed by atoms with Gasteiger partial charge in [0.05, 0.1) is 7.11 Å². The molecule has 6 nitrogen and oxygen atoms in total. The Balaban J connectivity index is 1.33. The Morgan fingerprint density at radius 2 is 1.78 bits per heavy atom. The molecule has 1 saturated carbocycles. The molecule has 2 aromatic carbocycles. The predicted octanol–water partition coefficient (Wildman–Crippen LogP) is 3.76. The number of rotatable bonds is 8. The van der Waals surface area contributed by atoms with Crippen molar-refractivity contribution in [3.63, 3.8) is 0 Å². The number of piperidine rings is 1. The summed E-state index contributed by atoms with van der Waals surface area (Å²) in [7, 11) is -2.31. The second-order valence-electron chi connectivity index (χ2n) is 8.66.